The van der Waals surface area contributed by atoms with Crippen LogP contribution in [0.1, 0.15) is 25.8 Å². The number of hydrogen-bond donors (Lipinski definition) is 2. The fourth-order valence-electron chi connectivity index (χ4n) is 1.84. The van der Waals surface area contributed by atoms with Gasteiger partial charge in [-0.3, -0.25) is 4.21 Å². The van der Waals surface area contributed by atoms with Gasteiger partial charge < -0.3 is 5.73 Å². The Hall–Kier alpha value is -0.920. The first-order valence-electron chi connectivity index (χ1n) is 6.47. The van der Waals surface area contributed by atoms with Gasteiger partial charge in [0, 0.05) is 34.5 Å². The lowest BCUT2D eigenvalue weighted by Crippen LogP contribution is -2.34. The molecule has 114 valence electrons. The van der Waals surface area contributed by atoms with Crippen LogP contribution in [0.5, 0.6) is 0 Å². The zero-order valence-electron chi connectivity index (χ0n) is 12.0. The van der Waals surface area contributed by atoms with E-state index in [1.54, 1.807) is 25.3 Å². The lowest BCUT2D eigenvalue weighted by molar-refractivity contribution is 0.555. The maximum Gasteiger partial charge on any atom is 0.241 e. The van der Waals surface area contributed by atoms with Crippen LogP contribution in [-0.2, 0) is 27.2 Å². The molecule has 1 rings (SSSR count). The molecule has 0 bridgehead atoms. The van der Waals surface area contributed by atoms with Gasteiger partial charge >= 0.3 is 0 Å². The van der Waals surface area contributed by atoms with E-state index in [-0.39, 0.29) is 10.9 Å². The Morgan fingerprint density at radius 2 is 2.05 bits per heavy atom. The molecule has 1 aromatic rings. The van der Waals surface area contributed by atoms with E-state index in [0.717, 1.165) is 5.56 Å². The highest BCUT2D eigenvalue weighted by Crippen LogP contribution is 2.20. The summed E-state index contributed by atoms with van der Waals surface area (Å²) >= 11 is 0. The molecule has 20 heavy (non-hydrogen) atoms. The second-order valence-corrected chi connectivity index (χ2v) is 8.05. The average molecular weight is 318 g/mol. The molecular weight excluding hydrogens is 296 g/mol. The third-order valence-electron chi connectivity index (χ3n) is 2.96. The Bertz CT molecular complexity index is 585. The van der Waals surface area contributed by atoms with E-state index >= 15 is 0 Å². The first-order chi connectivity index (χ1) is 9.26. The largest absolute Gasteiger partial charge is 0.399 e. The van der Waals surface area contributed by atoms with Crippen molar-refractivity contribution in [2.45, 2.75) is 37.6 Å². The summed E-state index contributed by atoms with van der Waals surface area (Å²) < 4.78 is 38.4. The van der Waals surface area contributed by atoms with Crippen molar-refractivity contribution in [1.29, 1.82) is 0 Å². The number of benzene rings is 1. The molecule has 0 spiro atoms. The van der Waals surface area contributed by atoms with Gasteiger partial charge in [0.2, 0.25) is 10.0 Å². The average Bonchev–Trinajstić information content (AvgIpc) is 2.36. The smallest absolute Gasteiger partial charge is 0.241 e. The highest BCUT2D eigenvalue weighted by atomic mass is 32.2. The quantitative estimate of drug-likeness (QED) is 0.741. The first kappa shape index (κ1) is 17.1. The van der Waals surface area contributed by atoms with Crippen LogP contribution in [0.2, 0.25) is 0 Å². The van der Waals surface area contributed by atoms with Crippen LogP contribution >= 0.6 is 0 Å². The van der Waals surface area contributed by atoms with Crippen LogP contribution in [0, 0.1) is 0 Å². The highest BCUT2D eigenvalue weighted by Gasteiger charge is 2.20. The van der Waals surface area contributed by atoms with Crippen LogP contribution in [-0.4, -0.2) is 30.7 Å². The Balaban J connectivity index is 2.93. The maximum atomic E-state index is 12.4. The third-order valence-corrected chi connectivity index (χ3v) is 5.44. The number of nitrogen functional groups attached to an aromatic ring is 1. The second kappa shape index (κ2) is 7.19. The molecule has 0 amide bonds. The number of hydrogen-bond acceptors (Lipinski definition) is 4. The van der Waals surface area contributed by atoms with Gasteiger partial charge in [-0.15, -0.1) is 0 Å². The lowest BCUT2D eigenvalue weighted by atomic mass is 10.1. The van der Waals surface area contributed by atoms with Crippen molar-refractivity contribution in [3.63, 3.8) is 0 Å². The van der Waals surface area contributed by atoms with Gasteiger partial charge in [-0.25, -0.2) is 13.1 Å². The van der Waals surface area contributed by atoms with Gasteiger partial charge in [-0.1, -0.05) is 13.0 Å². The molecule has 1 aromatic carbocycles. The summed E-state index contributed by atoms with van der Waals surface area (Å²) in [6, 6.07) is 4.64. The molecule has 2 unspecified atom stereocenters. The lowest BCUT2D eigenvalue weighted by Gasteiger charge is -2.16. The molecule has 0 aromatic heterocycles. The minimum atomic E-state index is -3.60. The Morgan fingerprint density at radius 3 is 2.60 bits per heavy atom. The number of aryl methyl sites for hydroxylation is 1. The van der Waals surface area contributed by atoms with Crippen LogP contribution in [0.3, 0.4) is 0 Å². The monoisotopic (exact) mass is 318 g/mol. The molecular formula is C13H22N2O3S2. The topological polar surface area (TPSA) is 89.3 Å². The molecule has 0 aliphatic rings. The van der Waals surface area contributed by atoms with Crippen molar-refractivity contribution in [3.8, 4) is 0 Å². The molecule has 0 heterocycles. The van der Waals surface area contributed by atoms with Crippen molar-refractivity contribution in [2.75, 3.05) is 17.7 Å². The van der Waals surface area contributed by atoms with Crippen molar-refractivity contribution in [3.05, 3.63) is 23.8 Å². The number of nitrogens with two attached hydrogens (primary N) is 1. The molecule has 0 saturated heterocycles. The Labute approximate surface area is 123 Å². The summed E-state index contributed by atoms with van der Waals surface area (Å²) in [6.45, 7) is 3.66. The zero-order valence-corrected chi connectivity index (χ0v) is 13.7. The van der Waals surface area contributed by atoms with Gasteiger partial charge in [0.15, 0.2) is 0 Å². The summed E-state index contributed by atoms with van der Waals surface area (Å²) in [6.07, 6.45) is 2.75. The van der Waals surface area contributed by atoms with Gasteiger partial charge in [0.1, 0.15) is 0 Å². The van der Waals surface area contributed by atoms with E-state index in [1.807, 2.05) is 6.92 Å². The molecule has 0 aliphatic carbocycles. The van der Waals surface area contributed by atoms with Crippen LogP contribution < -0.4 is 10.5 Å². The van der Waals surface area contributed by atoms with Gasteiger partial charge in [0.05, 0.1) is 4.90 Å². The molecule has 2 atom stereocenters. The van der Waals surface area contributed by atoms with Crippen molar-refractivity contribution in [1.82, 2.24) is 4.72 Å². The minimum absolute atomic E-state index is 0.226. The van der Waals surface area contributed by atoms with E-state index in [4.69, 9.17) is 5.73 Å². The molecule has 0 radical (unpaired) electrons. The van der Waals surface area contributed by atoms with E-state index in [9.17, 15) is 12.6 Å². The summed E-state index contributed by atoms with van der Waals surface area (Å²) in [5.41, 5.74) is 6.83. The van der Waals surface area contributed by atoms with Gasteiger partial charge in [0.25, 0.3) is 0 Å². The molecule has 7 heteroatoms. The molecule has 3 N–H and O–H groups in total. The summed E-state index contributed by atoms with van der Waals surface area (Å²) in [5, 5.41) is 0. The molecule has 0 saturated carbocycles. The summed E-state index contributed by atoms with van der Waals surface area (Å²) in [4.78, 5) is 0.226. The summed E-state index contributed by atoms with van der Waals surface area (Å²) in [5.74, 6) is 0.473. The summed E-state index contributed by atoms with van der Waals surface area (Å²) in [7, 11) is -4.53. The highest BCUT2D eigenvalue weighted by molar-refractivity contribution is 7.89. The van der Waals surface area contributed by atoms with Crippen molar-refractivity contribution in [2.24, 2.45) is 0 Å². The first-order valence-corrected chi connectivity index (χ1v) is 9.68. The number of sulfonamides is 1. The molecule has 5 nitrogen and oxygen atoms in total. The predicted molar refractivity (Wildman–Crippen MR) is 83.6 cm³/mol. The van der Waals surface area contributed by atoms with E-state index in [1.165, 1.54) is 6.07 Å². The second-order valence-electron chi connectivity index (χ2n) is 4.81. The zero-order chi connectivity index (χ0) is 15.3. The van der Waals surface area contributed by atoms with Crippen molar-refractivity contribution < 1.29 is 12.6 Å². The maximum absolute atomic E-state index is 12.4. The normalized spacial score (nSPS) is 14.9. The van der Waals surface area contributed by atoms with E-state index in [0.29, 0.717) is 24.3 Å². The Morgan fingerprint density at radius 1 is 1.40 bits per heavy atom. The molecule has 0 fully saturated rings. The minimum Gasteiger partial charge on any atom is -0.399 e. The predicted octanol–water partition coefficient (Wildman–Crippen LogP) is 1.27. The van der Waals surface area contributed by atoms with E-state index in [2.05, 4.69) is 4.72 Å². The van der Waals surface area contributed by atoms with Gasteiger partial charge in [-0.05, 0) is 37.5 Å². The van der Waals surface area contributed by atoms with Crippen LogP contribution in [0.25, 0.3) is 0 Å². The molecule has 0 aliphatic heterocycles. The van der Waals surface area contributed by atoms with Crippen LogP contribution in [0.4, 0.5) is 5.69 Å². The third kappa shape index (κ3) is 4.88. The number of anilines is 1. The fourth-order valence-corrected chi connectivity index (χ4v) is 4.15. The number of rotatable bonds is 7. The fraction of sp³-hybridized carbons (Fsp3) is 0.538. The van der Waals surface area contributed by atoms with Crippen molar-refractivity contribution >= 4 is 26.5 Å². The Kier molecular flexibility index (Phi) is 6.16. The van der Waals surface area contributed by atoms with Crippen LogP contribution in [0.15, 0.2) is 23.1 Å². The standard InChI is InChI=1S/C13H22N2O3S2/c1-4-11-5-6-12(14)9-13(11)20(17,18)15-10(2)7-8-19(3)16/h5-6,9-10,15H,4,7-8,14H2,1-3H3. The SMILES string of the molecule is CCc1ccc(N)cc1S(=O)(=O)NC(C)CCS(C)=O. The van der Waals surface area contributed by atoms with Gasteiger partial charge in [-0.2, -0.15) is 0 Å². The van der Waals surface area contributed by atoms with E-state index < -0.39 is 20.8 Å². The number of nitrogens with one attached hydrogen (secondary N) is 1.